The Bertz CT molecular complexity index is 602. The average Bonchev–Trinajstić information content (AvgIpc) is 2.95. The van der Waals surface area contributed by atoms with Crippen molar-refractivity contribution in [3.05, 3.63) is 51.5 Å². The van der Waals surface area contributed by atoms with E-state index in [1.54, 1.807) is 30.2 Å². The molecule has 0 aliphatic carbocycles. The van der Waals surface area contributed by atoms with Crippen molar-refractivity contribution in [1.82, 2.24) is 4.90 Å². The first kappa shape index (κ1) is 14.5. The van der Waals surface area contributed by atoms with E-state index in [1.165, 1.54) is 12.1 Å². The summed E-state index contributed by atoms with van der Waals surface area (Å²) in [5, 5.41) is 1.97. The molecule has 2 N–H and O–H groups in total. The van der Waals surface area contributed by atoms with E-state index in [4.69, 9.17) is 5.73 Å². The Hall–Kier alpha value is -1.88. The van der Waals surface area contributed by atoms with Crippen LogP contribution in [0.5, 0.6) is 0 Å². The van der Waals surface area contributed by atoms with E-state index in [2.05, 4.69) is 0 Å². The highest BCUT2D eigenvalue weighted by atomic mass is 32.1. The van der Waals surface area contributed by atoms with Gasteiger partial charge in [0.15, 0.2) is 0 Å². The van der Waals surface area contributed by atoms with Gasteiger partial charge < -0.3 is 10.6 Å². The number of benzene rings is 1. The zero-order chi connectivity index (χ0) is 14.9. The van der Waals surface area contributed by atoms with Crippen molar-refractivity contribution in [3.63, 3.8) is 0 Å². The lowest BCUT2D eigenvalue weighted by atomic mass is 10.1. The summed E-state index contributed by atoms with van der Waals surface area (Å²) in [6.45, 7) is 3.54. The quantitative estimate of drug-likeness (QED) is 0.878. The molecule has 3 nitrogen and oxygen atoms in total. The largest absolute Gasteiger partial charge is 0.398 e. The summed E-state index contributed by atoms with van der Waals surface area (Å²) in [6, 6.07) is 6.62. The molecule has 0 radical (unpaired) electrons. The lowest BCUT2D eigenvalue weighted by Gasteiger charge is -2.24. The highest BCUT2D eigenvalue weighted by Gasteiger charge is 2.21. The number of nitrogens with zero attached hydrogens (tertiary/aromatic N) is 1. The molecule has 1 aromatic carbocycles. The van der Waals surface area contributed by atoms with Crippen molar-refractivity contribution in [3.8, 4) is 0 Å². The number of carbonyl (C=O) groups excluding carboxylic acids is 1. The number of rotatable bonds is 3. The number of nitrogens with two attached hydrogens (primary N) is 1. The molecule has 1 atom stereocenters. The van der Waals surface area contributed by atoms with Gasteiger partial charge in [-0.1, -0.05) is 6.07 Å². The Labute approximate surface area is 121 Å². The van der Waals surface area contributed by atoms with Crippen molar-refractivity contribution in [2.75, 3.05) is 12.8 Å². The van der Waals surface area contributed by atoms with Crippen LogP contribution >= 0.6 is 11.3 Å². The Balaban J connectivity index is 2.27. The van der Waals surface area contributed by atoms with Crippen molar-refractivity contribution in [2.24, 2.45) is 0 Å². The van der Waals surface area contributed by atoms with Gasteiger partial charge in [0.1, 0.15) is 5.82 Å². The maximum atomic E-state index is 13.7. The number of anilines is 1. The number of halogens is 1. The van der Waals surface area contributed by atoms with Gasteiger partial charge in [0, 0.05) is 28.7 Å². The Morgan fingerprint density at radius 2 is 2.15 bits per heavy atom. The number of hydrogen-bond acceptors (Lipinski definition) is 3. The van der Waals surface area contributed by atoms with Gasteiger partial charge in [-0.25, -0.2) is 4.39 Å². The molecule has 0 bridgehead atoms. The third-order valence-corrected chi connectivity index (χ3v) is 4.53. The van der Waals surface area contributed by atoms with E-state index in [0.717, 1.165) is 4.88 Å². The molecule has 0 aliphatic heterocycles. The van der Waals surface area contributed by atoms with Gasteiger partial charge in [0.2, 0.25) is 0 Å². The Morgan fingerprint density at radius 1 is 1.45 bits per heavy atom. The first-order chi connectivity index (χ1) is 9.41. The molecule has 20 heavy (non-hydrogen) atoms. The normalized spacial score (nSPS) is 12.2. The van der Waals surface area contributed by atoms with Gasteiger partial charge in [-0.3, -0.25) is 4.79 Å². The standard InChI is InChI=1S/C15H17FN2OS/c1-9-12(16)7-11(8-13(9)17)15(19)18(3)10(2)14-5-4-6-20-14/h4-8,10H,17H2,1-3H3. The molecule has 0 aliphatic rings. The minimum atomic E-state index is -0.453. The highest BCUT2D eigenvalue weighted by molar-refractivity contribution is 7.10. The topological polar surface area (TPSA) is 46.3 Å². The van der Waals surface area contributed by atoms with Gasteiger partial charge in [-0.05, 0) is 37.4 Å². The van der Waals surface area contributed by atoms with Crippen molar-refractivity contribution in [2.45, 2.75) is 19.9 Å². The summed E-state index contributed by atoms with van der Waals surface area (Å²) < 4.78 is 13.7. The van der Waals surface area contributed by atoms with Crippen LogP contribution in [0.1, 0.15) is 33.8 Å². The second-order valence-corrected chi connectivity index (χ2v) is 5.76. The molecule has 5 heteroatoms. The third-order valence-electron chi connectivity index (χ3n) is 3.49. The highest BCUT2D eigenvalue weighted by Crippen LogP contribution is 2.26. The van der Waals surface area contributed by atoms with Crippen LogP contribution in [-0.2, 0) is 0 Å². The van der Waals surface area contributed by atoms with Crippen LogP contribution in [0, 0.1) is 12.7 Å². The SMILES string of the molecule is Cc1c(N)cc(C(=O)N(C)C(C)c2cccs2)cc1F. The van der Waals surface area contributed by atoms with Crippen molar-refractivity contribution >= 4 is 22.9 Å². The summed E-state index contributed by atoms with van der Waals surface area (Å²) in [6.07, 6.45) is 0. The number of nitrogen functional groups attached to an aromatic ring is 1. The van der Waals surface area contributed by atoms with Crippen LogP contribution in [0.25, 0.3) is 0 Å². The van der Waals surface area contributed by atoms with Crippen LogP contribution in [0.2, 0.25) is 0 Å². The molecule has 1 amide bonds. The van der Waals surface area contributed by atoms with E-state index in [9.17, 15) is 9.18 Å². The molecule has 106 valence electrons. The molecule has 2 aromatic rings. The smallest absolute Gasteiger partial charge is 0.254 e. The lowest BCUT2D eigenvalue weighted by molar-refractivity contribution is 0.0744. The molecule has 0 spiro atoms. The Morgan fingerprint density at radius 3 is 2.70 bits per heavy atom. The van der Waals surface area contributed by atoms with Crippen LogP contribution in [0.3, 0.4) is 0 Å². The molecule has 0 saturated heterocycles. The van der Waals surface area contributed by atoms with Gasteiger partial charge in [0.25, 0.3) is 5.91 Å². The molecule has 0 saturated carbocycles. The lowest BCUT2D eigenvalue weighted by Crippen LogP contribution is -2.29. The Kier molecular flexibility index (Phi) is 4.09. The van der Waals surface area contributed by atoms with E-state index < -0.39 is 5.82 Å². The summed E-state index contributed by atoms with van der Waals surface area (Å²) in [7, 11) is 1.71. The van der Waals surface area contributed by atoms with Gasteiger partial charge in [-0.2, -0.15) is 0 Å². The minimum absolute atomic E-state index is 0.0620. The maximum absolute atomic E-state index is 13.7. The predicted molar refractivity (Wildman–Crippen MR) is 80.4 cm³/mol. The van der Waals surface area contributed by atoms with Crippen LogP contribution in [-0.4, -0.2) is 17.9 Å². The van der Waals surface area contributed by atoms with Crippen LogP contribution in [0.15, 0.2) is 29.6 Å². The average molecular weight is 292 g/mol. The molecule has 1 aromatic heterocycles. The number of hydrogen-bond donors (Lipinski definition) is 1. The first-order valence-corrected chi connectivity index (χ1v) is 7.16. The summed E-state index contributed by atoms with van der Waals surface area (Å²) >= 11 is 1.59. The molecule has 2 rings (SSSR count). The summed E-state index contributed by atoms with van der Waals surface area (Å²) in [4.78, 5) is 15.1. The fourth-order valence-corrected chi connectivity index (χ4v) is 2.75. The number of amides is 1. The summed E-state index contributed by atoms with van der Waals surface area (Å²) in [5.41, 5.74) is 6.66. The van der Waals surface area contributed by atoms with Crippen LogP contribution < -0.4 is 5.73 Å². The predicted octanol–water partition coefficient (Wildman–Crippen LogP) is 3.61. The molecule has 0 fully saturated rings. The molecule has 1 heterocycles. The molecular weight excluding hydrogens is 275 g/mol. The van der Waals surface area contributed by atoms with Gasteiger partial charge in [-0.15, -0.1) is 11.3 Å². The fraction of sp³-hybridized carbons (Fsp3) is 0.267. The van der Waals surface area contributed by atoms with Gasteiger partial charge in [0.05, 0.1) is 6.04 Å². The molecular formula is C15H17FN2OS. The number of thiophene rings is 1. The maximum Gasteiger partial charge on any atom is 0.254 e. The van der Waals surface area contributed by atoms with E-state index in [1.807, 2.05) is 24.4 Å². The van der Waals surface area contributed by atoms with Crippen molar-refractivity contribution < 1.29 is 9.18 Å². The fourth-order valence-electron chi connectivity index (χ4n) is 1.92. The van der Waals surface area contributed by atoms with Gasteiger partial charge >= 0.3 is 0 Å². The van der Waals surface area contributed by atoms with Crippen molar-refractivity contribution in [1.29, 1.82) is 0 Å². The third kappa shape index (κ3) is 2.67. The second kappa shape index (κ2) is 5.63. The minimum Gasteiger partial charge on any atom is -0.398 e. The first-order valence-electron chi connectivity index (χ1n) is 6.28. The van der Waals surface area contributed by atoms with E-state index >= 15 is 0 Å². The molecule has 1 unspecified atom stereocenters. The van der Waals surface area contributed by atoms with E-state index in [0.29, 0.717) is 11.3 Å². The van der Waals surface area contributed by atoms with Crippen LogP contribution in [0.4, 0.5) is 10.1 Å². The summed E-state index contributed by atoms with van der Waals surface area (Å²) in [5.74, 6) is -0.693. The van der Waals surface area contributed by atoms with E-state index in [-0.39, 0.29) is 17.5 Å². The number of carbonyl (C=O) groups is 1. The monoisotopic (exact) mass is 292 g/mol. The zero-order valence-corrected chi connectivity index (χ0v) is 12.5. The zero-order valence-electron chi connectivity index (χ0n) is 11.7. The second-order valence-electron chi connectivity index (χ2n) is 4.78.